The Bertz CT molecular complexity index is 528. The standard InChI is InChI=1S/C16H17FIN/c1-2-6-15(12-7-4-3-5-8-12)19-16-10-9-13(17)11-14(16)18/h3-5,7-11,15,19H,2,6H2,1H3. The van der Waals surface area contributed by atoms with Gasteiger partial charge in [-0.1, -0.05) is 43.7 Å². The Kier molecular flexibility index (Phi) is 5.19. The van der Waals surface area contributed by atoms with Crippen LogP contribution in [0.5, 0.6) is 0 Å². The second kappa shape index (κ2) is 6.89. The van der Waals surface area contributed by atoms with Crippen molar-refractivity contribution in [2.45, 2.75) is 25.8 Å². The van der Waals surface area contributed by atoms with E-state index in [0.717, 1.165) is 22.1 Å². The molecule has 3 heteroatoms. The molecule has 2 aromatic rings. The van der Waals surface area contributed by atoms with Crippen LogP contribution in [0, 0.1) is 9.39 Å². The average molecular weight is 369 g/mol. The lowest BCUT2D eigenvalue weighted by molar-refractivity contribution is 0.626. The van der Waals surface area contributed by atoms with Gasteiger partial charge in [0.2, 0.25) is 0 Å². The third kappa shape index (κ3) is 3.93. The van der Waals surface area contributed by atoms with Crippen molar-refractivity contribution in [2.24, 2.45) is 0 Å². The van der Waals surface area contributed by atoms with E-state index in [-0.39, 0.29) is 11.9 Å². The van der Waals surface area contributed by atoms with Crippen molar-refractivity contribution >= 4 is 28.3 Å². The third-order valence-electron chi connectivity index (χ3n) is 3.04. The largest absolute Gasteiger partial charge is 0.377 e. The van der Waals surface area contributed by atoms with Crippen LogP contribution in [0.25, 0.3) is 0 Å². The molecule has 0 radical (unpaired) electrons. The molecule has 0 fully saturated rings. The van der Waals surface area contributed by atoms with Crippen LogP contribution < -0.4 is 5.32 Å². The van der Waals surface area contributed by atoms with E-state index < -0.39 is 0 Å². The molecule has 1 unspecified atom stereocenters. The van der Waals surface area contributed by atoms with Gasteiger partial charge in [-0.25, -0.2) is 4.39 Å². The van der Waals surface area contributed by atoms with E-state index in [2.05, 4.69) is 59.1 Å². The summed E-state index contributed by atoms with van der Waals surface area (Å²) >= 11 is 2.16. The van der Waals surface area contributed by atoms with Crippen LogP contribution in [0.1, 0.15) is 31.4 Å². The van der Waals surface area contributed by atoms with E-state index in [1.54, 1.807) is 6.07 Å². The van der Waals surface area contributed by atoms with Gasteiger partial charge in [-0.05, 0) is 52.8 Å². The molecule has 0 aliphatic heterocycles. The Morgan fingerprint density at radius 1 is 1.16 bits per heavy atom. The molecular formula is C16H17FIN. The zero-order valence-corrected chi connectivity index (χ0v) is 13.0. The summed E-state index contributed by atoms with van der Waals surface area (Å²) in [7, 11) is 0. The summed E-state index contributed by atoms with van der Waals surface area (Å²) in [5.74, 6) is -0.193. The smallest absolute Gasteiger partial charge is 0.124 e. The lowest BCUT2D eigenvalue weighted by Crippen LogP contribution is -2.11. The van der Waals surface area contributed by atoms with Crippen molar-refractivity contribution < 1.29 is 4.39 Å². The number of anilines is 1. The molecule has 1 N–H and O–H groups in total. The monoisotopic (exact) mass is 369 g/mol. The van der Waals surface area contributed by atoms with Crippen molar-refractivity contribution in [2.75, 3.05) is 5.32 Å². The highest BCUT2D eigenvalue weighted by molar-refractivity contribution is 14.1. The van der Waals surface area contributed by atoms with Crippen molar-refractivity contribution in [3.63, 3.8) is 0 Å². The van der Waals surface area contributed by atoms with Crippen molar-refractivity contribution in [3.05, 3.63) is 63.5 Å². The SMILES string of the molecule is CCCC(Nc1ccc(F)cc1I)c1ccccc1. The van der Waals surface area contributed by atoms with Crippen molar-refractivity contribution in [1.82, 2.24) is 0 Å². The number of hydrogen-bond acceptors (Lipinski definition) is 1. The van der Waals surface area contributed by atoms with E-state index >= 15 is 0 Å². The van der Waals surface area contributed by atoms with Crippen LogP contribution in [0.2, 0.25) is 0 Å². The fourth-order valence-corrected chi connectivity index (χ4v) is 2.72. The van der Waals surface area contributed by atoms with Gasteiger partial charge >= 0.3 is 0 Å². The first-order valence-electron chi connectivity index (χ1n) is 6.47. The highest BCUT2D eigenvalue weighted by Crippen LogP contribution is 2.27. The molecule has 1 nitrogen and oxygen atoms in total. The van der Waals surface area contributed by atoms with Crippen molar-refractivity contribution in [1.29, 1.82) is 0 Å². The summed E-state index contributed by atoms with van der Waals surface area (Å²) in [6.45, 7) is 2.17. The molecule has 0 heterocycles. The maximum absolute atomic E-state index is 13.1. The lowest BCUT2D eigenvalue weighted by atomic mass is 10.0. The summed E-state index contributed by atoms with van der Waals surface area (Å²) in [6.07, 6.45) is 2.15. The van der Waals surface area contributed by atoms with Gasteiger partial charge in [-0.2, -0.15) is 0 Å². The first-order chi connectivity index (χ1) is 9.20. The fourth-order valence-electron chi connectivity index (χ4n) is 2.09. The molecule has 0 saturated carbocycles. The van der Waals surface area contributed by atoms with Crippen LogP contribution in [0.3, 0.4) is 0 Å². The minimum Gasteiger partial charge on any atom is -0.377 e. The predicted molar refractivity (Wildman–Crippen MR) is 86.8 cm³/mol. The van der Waals surface area contributed by atoms with Crippen LogP contribution in [-0.4, -0.2) is 0 Å². The van der Waals surface area contributed by atoms with E-state index in [4.69, 9.17) is 0 Å². The van der Waals surface area contributed by atoms with Gasteiger partial charge in [0.1, 0.15) is 5.82 Å². The molecule has 0 aliphatic rings. The zero-order valence-electron chi connectivity index (χ0n) is 10.9. The Hall–Kier alpha value is -1.10. The van der Waals surface area contributed by atoms with Gasteiger partial charge in [-0.15, -0.1) is 0 Å². The Labute approximate surface area is 127 Å². The van der Waals surface area contributed by atoms with Crippen LogP contribution in [0.4, 0.5) is 10.1 Å². The number of halogens is 2. The Morgan fingerprint density at radius 2 is 1.89 bits per heavy atom. The summed E-state index contributed by atoms with van der Waals surface area (Å²) in [4.78, 5) is 0. The number of hydrogen-bond donors (Lipinski definition) is 1. The van der Waals surface area contributed by atoms with Crippen LogP contribution in [-0.2, 0) is 0 Å². The molecule has 0 spiro atoms. The molecule has 2 rings (SSSR count). The minimum atomic E-state index is -0.193. The van der Waals surface area contributed by atoms with Crippen LogP contribution >= 0.6 is 22.6 Å². The molecule has 100 valence electrons. The van der Waals surface area contributed by atoms with E-state index in [9.17, 15) is 4.39 Å². The van der Waals surface area contributed by atoms with Crippen molar-refractivity contribution in [3.8, 4) is 0 Å². The van der Waals surface area contributed by atoms with E-state index in [1.165, 1.54) is 11.6 Å². The molecule has 0 bridgehead atoms. The normalized spacial score (nSPS) is 12.2. The number of benzene rings is 2. The molecular weight excluding hydrogens is 352 g/mol. The zero-order chi connectivity index (χ0) is 13.7. The number of rotatable bonds is 5. The molecule has 0 amide bonds. The molecule has 0 aromatic heterocycles. The van der Waals surface area contributed by atoms with E-state index in [1.807, 2.05) is 12.1 Å². The highest BCUT2D eigenvalue weighted by Gasteiger charge is 2.11. The summed E-state index contributed by atoms with van der Waals surface area (Å²) < 4.78 is 14.0. The summed E-state index contributed by atoms with van der Waals surface area (Å²) in [5.41, 5.74) is 2.26. The van der Waals surface area contributed by atoms with Crippen LogP contribution in [0.15, 0.2) is 48.5 Å². The number of nitrogens with one attached hydrogen (secondary N) is 1. The minimum absolute atomic E-state index is 0.193. The first-order valence-corrected chi connectivity index (χ1v) is 7.55. The average Bonchev–Trinajstić information content (AvgIpc) is 2.42. The highest BCUT2D eigenvalue weighted by atomic mass is 127. The first kappa shape index (κ1) is 14.3. The van der Waals surface area contributed by atoms with E-state index in [0.29, 0.717) is 0 Å². The van der Waals surface area contributed by atoms with Gasteiger partial charge < -0.3 is 5.32 Å². The predicted octanol–water partition coefficient (Wildman–Crippen LogP) is 5.38. The summed E-state index contributed by atoms with van der Waals surface area (Å²) in [5, 5.41) is 3.52. The molecule has 1 atom stereocenters. The second-order valence-electron chi connectivity index (χ2n) is 4.52. The molecule has 19 heavy (non-hydrogen) atoms. The quantitative estimate of drug-likeness (QED) is 0.698. The Morgan fingerprint density at radius 3 is 2.53 bits per heavy atom. The van der Waals surface area contributed by atoms with Gasteiger partial charge in [0.25, 0.3) is 0 Å². The fraction of sp³-hybridized carbons (Fsp3) is 0.250. The topological polar surface area (TPSA) is 12.0 Å². The van der Waals surface area contributed by atoms with Gasteiger partial charge in [0.15, 0.2) is 0 Å². The Balaban J connectivity index is 2.21. The van der Waals surface area contributed by atoms with Gasteiger partial charge in [-0.3, -0.25) is 0 Å². The third-order valence-corrected chi connectivity index (χ3v) is 3.93. The lowest BCUT2D eigenvalue weighted by Gasteiger charge is -2.20. The molecule has 0 saturated heterocycles. The maximum Gasteiger partial charge on any atom is 0.124 e. The van der Waals surface area contributed by atoms with Gasteiger partial charge in [0.05, 0.1) is 6.04 Å². The second-order valence-corrected chi connectivity index (χ2v) is 5.68. The van der Waals surface area contributed by atoms with Gasteiger partial charge in [0, 0.05) is 9.26 Å². The summed E-state index contributed by atoms with van der Waals surface area (Å²) in [6, 6.07) is 15.5. The molecule has 0 aliphatic carbocycles. The maximum atomic E-state index is 13.1. The molecule has 2 aromatic carbocycles.